The Morgan fingerprint density at radius 1 is 1.00 bits per heavy atom. The summed E-state index contributed by atoms with van der Waals surface area (Å²) in [6.45, 7) is 0. The number of anilines is 1. The van der Waals surface area contributed by atoms with E-state index >= 15 is 0 Å². The minimum Gasteiger partial charge on any atom is -0.465 e. The molecule has 0 aliphatic carbocycles. The summed E-state index contributed by atoms with van der Waals surface area (Å²) < 4.78 is 11.0. The molecule has 2 rings (SSSR count). The molecule has 23 heavy (non-hydrogen) atoms. The van der Waals surface area contributed by atoms with Crippen LogP contribution in [0.2, 0.25) is 0 Å². The van der Waals surface area contributed by atoms with Crippen molar-refractivity contribution in [3.63, 3.8) is 0 Å². The van der Waals surface area contributed by atoms with E-state index < -0.39 is 17.8 Å². The molecule has 1 aromatic heterocycles. The average molecular weight is 316 g/mol. The van der Waals surface area contributed by atoms with Crippen LogP contribution >= 0.6 is 0 Å². The van der Waals surface area contributed by atoms with Crippen LogP contribution in [0.1, 0.15) is 31.1 Å². The Balaban J connectivity index is 2.38. The van der Waals surface area contributed by atoms with Crippen molar-refractivity contribution in [1.29, 1.82) is 0 Å². The van der Waals surface area contributed by atoms with Gasteiger partial charge in [-0.2, -0.15) is 0 Å². The Bertz CT molecular complexity index is 764. The van der Waals surface area contributed by atoms with Crippen molar-refractivity contribution in [1.82, 2.24) is 4.57 Å². The van der Waals surface area contributed by atoms with E-state index in [1.54, 1.807) is 30.1 Å². The van der Waals surface area contributed by atoms with Crippen LogP contribution in [0, 0.1) is 0 Å². The van der Waals surface area contributed by atoms with Gasteiger partial charge in [-0.25, -0.2) is 9.59 Å². The lowest BCUT2D eigenvalue weighted by Gasteiger charge is -2.11. The van der Waals surface area contributed by atoms with Crippen LogP contribution in [0.15, 0.2) is 36.7 Å². The molecule has 0 aliphatic heterocycles. The number of aromatic nitrogens is 1. The van der Waals surface area contributed by atoms with Crippen molar-refractivity contribution >= 4 is 23.5 Å². The zero-order valence-corrected chi connectivity index (χ0v) is 13.0. The molecule has 1 aromatic carbocycles. The number of hydrogen-bond acceptors (Lipinski definition) is 5. The number of hydrogen-bond donors (Lipinski definition) is 1. The smallest absolute Gasteiger partial charge is 0.339 e. The third-order valence-electron chi connectivity index (χ3n) is 3.19. The minimum absolute atomic E-state index is 0.143. The van der Waals surface area contributed by atoms with Crippen LogP contribution in [0.4, 0.5) is 5.69 Å². The number of benzene rings is 1. The van der Waals surface area contributed by atoms with E-state index in [0.717, 1.165) is 0 Å². The van der Waals surface area contributed by atoms with Crippen molar-refractivity contribution in [2.45, 2.75) is 0 Å². The Kier molecular flexibility index (Phi) is 4.80. The molecule has 0 aliphatic rings. The second-order valence-corrected chi connectivity index (χ2v) is 4.76. The fourth-order valence-corrected chi connectivity index (χ4v) is 2.01. The van der Waals surface area contributed by atoms with E-state index in [1.165, 1.54) is 32.4 Å². The van der Waals surface area contributed by atoms with Gasteiger partial charge in [-0.05, 0) is 24.3 Å². The van der Waals surface area contributed by atoms with Gasteiger partial charge >= 0.3 is 11.9 Å². The number of carbonyl (C=O) groups is 3. The zero-order valence-electron chi connectivity index (χ0n) is 13.0. The van der Waals surface area contributed by atoms with E-state index in [0.29, 0.717) is 5.56 Å². The number of ether oxygens (including phenoxy) is 2. The predicted molar refractivity (Wildman–Crippen MR) is 82.5 cm³/mol. The number of rotatable bonds is 4. The summed E-state index contributed by atoms with van der Waals surface area (Å²) in [5.74, 6) is -1.60. The van der Waals surface area contributed by atoms with E-state index in [9.17, 15) is 14.4 Å². The lowest BCUT2D eigenvalue weighted by atomic mass is 10.1. The summed E-state index contributed by atoms with van der Waals surface area (Å²) in [5, 5.41) is 2.61. The van der Waals surface area contributed by atoms with Gasteiger partial charge in [0.05, 0.1) is 36.6 Å². The molecule has 0 saturated carbocycles. The molecule has 2 aromatic rings. The lowest BCUT2D eigenvalue weighted by molar-refractivity contribution is 0.0587. The van der Waals surface area contributed by atoms with Gasteiger partial charge in [-0.1, -0.05) is 0 Å². The molecule has 7 nitrogen and oxygen atoms in total. The Morgan fingerprint density at radius 2 is 1.70 bits per heavy atom. The average Bonchev–Trinajstić information content (AvgIpc) is 3.00. The third-order valence-corrected chi connectivity index (χ3v) is 3.19. The molecule has 7 heteroatoms. The van der Waals surface area contributed by atoms with E-state index in [1.807, 2.05) is 0 Å². The number of nitrogens with one attached hydrogen (secondary N) is 1. The van der Waals surface area contributed by atoms with Gasteiger partial charge in [0, 0.05) is 19.4 Å². The van der Waals surface area contributed by atoms with Gasteiger partial charge in [0.25, 0.3) is 5.91 Å². The van der Waals surface area contributed by atoms with Crippen LogP contribution in [0.3, 0.4) is 0 Å². The second kappa shape index (κ2) is 6.78. The molecule has 0 atom stereocenters. The molecule has 0 fully saturated rings. The first kappa shape index (κ1) is 16.3. The number of methoxy groups -OCH3 is 2. The summed E-state index contributed by atoms with van der Waals surface area (Å²) >= 11 is 0. The molecular formula is C16H16N2O5. The molecule has 0 saturated heterocycles. The number of aryl methyl sites for hydroxylation is 1. The highest BCUT2D eigenvalue weighted by Crippen LogP contribution is 2.20. The van der Waals surface area contributed by atoms with Crippen molar-refractivity contribution in [3.05, 3.63) is 53.3 Å². The summed E-state index contributed by atoms with van der Waals surface area (Å²) in [5.41, 5.74) is 0.952. The predicted octanol–water partition coefficient (Wildman–Crippen LogP) is 1.85. The fourth-order valence-electron chi connectivity index (χ4n) is 2.01. The Morgan fingerprint density at radius 3 is 2.26 bits per heavy atom. The Labute approximate surface area is 132 Å². The number of nitrogens with zero attached hydrogens (tertiary/aromatic N) is 1. The number of carbonyl (C=O) groups excluding carboxylic acids is 3. The number of amides is 1. The van der Waals surface area contributed by atoms with Gasteiger partial charge in [-0.15, -0.1) is 0 Å². The highest BCUT2D eigenvalue weighted by Gasteiger charge is 2.18. The first-order chi connectivity index (χ1) is 11.0. The SMILES string of the molecule is COC(=O)c1ccc(C(=O)OC)c(NC(=O)c2ccn(C)c2)c1. The highest BCUT2D eigenvalue weighted by molar-refractivity contribution is 6.08. The molecule has 120 valence electrons. The van der Waals surface area contributed by atoms with Gasteiger partial charge in [-0.3, -0.25) is 4.79 Å². The summed E-state index contributed by atoms with van der Waals surface area (Å²) in [4.78, 5) is 35.7. The van der Waals surface area contributed by atoms with Crippen molar-refractivity contribution < 1.29 is 23.9 Å². The quantitative estimate of drug-likeness (QED) is 0.870. The van der Waals surface area contributed by atoms with Gasteiger partial charge in [0.1, 0.15) is 0 Å². The summed E-state index contributed by atoms with van der Waals surface area (Å²) in [6, 6.07) is 5.84. The van der Waals surface area contributed by atoms with Crippen LogP contribution in [0.25, 0.3) is 0 Å². The molecule has 0 bridgehead atoms. The first-order valence-corrected chi connectivity index (χ1v) is 6.70. The maximum absolute atomic E-state index is 12.2. The lowest BCUT2D eigenvalue weighted by Crippen LogP contribution is -2.16. The van der Waals surface area contributed by atoms with Crippen molar-refractivity contribution in [3.8, 4) is 0 Å². The maximum atomic E-state index is 12.2. The topological polar surface area (TPSA) is 86.6 Å². The summed E-state index contributed by atoms with van der Waals surface area (Å²) in [6.07, 6.45) is 3.36. The van der Waals surface area contributed by atoms with Crippen LogP contribution in [0.5, 0.6) is 0 Å². The Hall–Kier alpha value is -3.09. The zero-order chi connectivity index (χ0) is 17.0. The van der Waals surface area contributed by atoms with Crippen LogP contribution in [-0.2, 0) is 16.5 Å². The van der Waals surface area contributed by atoms with E-state index in [2.05, 4.69) is 14.8 Å². The van der Waals surface area contributed by atoms with E-state index in [4.69, 9.17) is 0 Å². The number of esters is 2. The molecule has 1 N–H and O–H groups in total. The molecule has 1 heterocycles. The highest BCUT2D eigenvalue weighted by atomic mass is 16.5. The first-order valence-electron chi connectivity index (χ1n) is 6.70. The fraction of sp³-hybridized carbons (Fsp3) is 0.188. The molecule has 0 unspecified atom stereocenters. The normalized spacial score (nSPS) is 10.0. The van der Waals surface area contributed by atoms with Gasteiger partial charge < -0.3 is 19.4 Å². The summed E-state index contributed by atoms with van der Waals surface area (Å²) in [7, 11) is 4.27. The maximum Gasteiger partial charge on any atom is 0.339 e. The van der Waals surface area contributed by atoms with E-state index in [-0.39, 0.29) is 16.8 Å². The molecule has 0 spiro atoms. The standard InChI is InChI=1S/C16H16N2O5/c1-18-7-6-11(9-18)14(19)17-13-8-10(15(20)22-2)4-5-12(13)16(21)23-3/h4-9H,1-3H3,(H,17,19). The molecular weight excluding hydrogens is 300 g/mol. The van der Waals surface area contributed by atoms with Crippen molar-refractivity contribution in [2.24, 2.45) is 7.05 Å². The van der Waals surface area contributed by atoms with Gasteiger partial charge in [0.2, 0.25) is 0 Å². The van der Waals surface area contributed by atoms with Crippen molar-refractivity contribution in [2.75, 3.05) is 19.5 Å². The third kappa shape index (κ3) is 3.57. The molecule has 1 amide bonds. The van der Waals surface area contributed by atoms with Crippen LogP contribution in [-0.4, -0.2) is 36.6 Å². The molecule has 0 radical (unpaired) electrons. The monoisotopic (exact) mass is 316 g/mol. The second-order valence-electron chi connectivity index (χ2n) is 4.76. The van der Waals surface area contributed by atoms with Crippen LogP contribution < -0.4 is 5.32 Å². The van der Waals surface area contributed by atoms with Gasteiger partial charge in [0.15, 0.2) is 0 Å². The largest absolute Gasteiger partial charge is 0.465 e. The minimum atomic E-state index is -0.621.